The zero-order chi connectivity index (χ0) is 9.10. The summed E-state index contributed by atoms with van der Waals surface area (Å²) in [5.41, 5.74) is 5.67. The number of aromatic nitrogens is 3. The second kappa shape index (κ2) is 3.87. The molecule has 13 heavy (non-hydrogen) atoms. The molecule has 2 N–H and O–H groups in total. The van der Waals surface area contributed by atoms with Gasteiger partial charge in [-0.15, -0.1) is 0 Å². The first-order valence-electron chi connectivity index (χ1n) is 4.94. The zero-order valence-electron chi connectivity index (χ0n) is 7.76. The summed E-state index contributed by atoms with van der Waals surface area (Å²) in [6.07, 6.45) is 8.35. The first kappa shape index (κ1) is 8.69. The minimum absolute atomic E-state index is 0.532. The predicted molar refractivity (Wildman–Crippen MR) is 50.1 cm³/mol. The van der Waals surface area contributed by atoms with Gasteiger partial charge in [-0.1, -0.05) is 6.42 Å². The largest absolute Gasteiger partial charge is 0.330 e. The molecule has 4 heteroatoms. The molecule has 4 nitrogen and oxygen atoms in total. The number of nitrogens with zero attached hydrogens (tertiary/aromatic N) is 3. The van der Waals surface area contributed by atoms with Crippen LogP contribution in [0.1, 0.15) is 31.7 Å². The molecule has 0 aromatic carbocycles. The molecule has 1 saturated carbocycles. The molecule has 0 saturated heterocycles. The summed E-state index contributed by atoms with van der Waals surface area (Å²) >= 11 is 0. The highest BCUT2D eigenvalue weighted by molar-refractivity contribution is 4.78. The Morgan fingerprint density at radius 2 is 2.38 bits per heavy atom. The Hall–Kier alpha value is -0.900. The third-order valence-corrected chi connectivity index (χ3v) is 2.90. The monoisotopic (exact) mass is 180 g/mol. The first-order valence-corrected chi connectivity index (χ1v) is 4.94. The molecular weight excluding hydrogens is 164 g/mol. The van der Waals surface area contributed by atoms with E-state index in [4.69, 9.17) is 5.73 Å². The normalized spacial score (nSPS) is 29.0. The van der Waals surface area contributed by atoms with E-state index >= 15 is 0 Å². The van der Waals surface area contributed by atoms with Crippen molar-refractivity contribution in [3.8, 4) is 0 Å². The predicted octanol–water partition coefficient (Wildman–Crippen LogP) is 0.968. The van der Waals surface area contributed by atoms with Crippen LogP contribution in [0.5, 0.6) is 0 Å². The number of hydrogen-bond donors (Lipinski definition) is 1. The van der Waals surface area contributed by atoms with Crippen LogP contribution in [-0.2, 0) is 0 Å². The molecular formula is C9H16N4. The van der Waals surface area contributed by atoms with Crippen LogP contribution in [0.4, 0.5) is 0 Å². The summed E-state index contributed by atoms with van der Waals surface area (Å²) in [6, 6.07) is 0.532. The van der Waals surface area contributed by atoms with Crippen molar-refractivity contribution in [3.63, 3.8) is 0 Å². The van der Waals surface area contributed by atoms with E-state index in [0.717, 1.165) is 6.54 Å². The molecule has 1 fully saturated rings. The van der Waals surface area contributed by atoms with E-state index in [-0.39, 0.29) is 0 Å². The topological polar surface area (TPSA) is 56.7 Å². The quantitative estimate of drug-likeness (QED) is 0.737. The van der Waals surface area contributed by atoms with Crippen LogP contribution in [0.3, 0.4) is 0 Å². The molecule has 2 atom stereocenters. The second-order valence-electron chi connectivity index (χ2n) is 3.80. The van der Waals surface area contributed by atoms with Crippen molar-refractivity contribution in [3.05, 3.63) is 12.7 Å². The maximum atomic E-state index is 5.67. The van der Waals surface area contributed by atoms with Gasteiger partial charge in [-0.2, -0.15) is 5.10 Å². The molecule has 2 unspecified atom stereocenters. The Balaban J connectivity index is 2.00. The van der Waals surface area contributed by atoms with E-state index in [1.807, 2.05) is 11.0 Å². The third kappa shape index (κ3) is 1.88. The highest BCUT2D eigenvalue weighted by Gasteiger charge is 2.22. The lowest BCUT2D eigenvalue weighted by molar-refractivity contribution is 0.257. The van der Waals surface area contributed by atoms with Crippen molar-refractivity contribution in [2.45, 2.75) is 31.7 Å². The summed E-state index contributed by atoms with van der Waals surface area (Å²) in [5.74, 6) is 0.683. The average molecular weight is 180 g/mol. The molecule has 0 amide bonds. The molecule has 2 rings (SSSR count). The fraction of sp³-hybridized carbons (Fsp3) is 0.778. The van der Waals surface area contributed by atoms with Gasteiger partial charge in [-0.3, -0.25) is 0 Å². The van der Waals surface area contributed by atoms with Gasteiger partial charge in [0, 0.05) is 0 Å². The maximum Gasteiger partial charge on any atom is 0.137 e. The Kier molecular flexibility index (Phi) is 2.59. The number of rotatable bonds is 2. The highest BCUT2D eigenvalue weighted by atomic mass is 15.3. The van der Waals surface area contributed by atoms with E-state index < -0.39 is 0 Å². The maximum absolute atomic E-state index is 5.67. The fourth-order valence-corrected chi connectivity index (χ4v) is 2.12. The molecule has 0 radical (unpaired) electrons. The molecule has 1 aromatic heterocycles. The Morgan fingerprint density at radius 3 is 3.08 bits per heavy atom. The number of hydrogen-bond acceptors (Lipinski definition) is 3. The van der Waals surface area contributed by atoms with Crippen molar-refractivity contribution in [2.24, 2.45) is 11.7 Å². The summed E-state index contributed by atoms with van der Waals surface area (Å²) in [5, 5.41) is 4.17. The Morgan fingerprint density at radius 1 is 1.46 bits per heavy atom. The van der Waals surface area contributed by atoms with Crippen LogP contribution in [-0.4, -0.2) is 21.3 Å². The van der Waals surface area contributed by atoms with Gasteiger partial charge >= 0.3 is 0 Å². The first-order chi connectivity index (χ1) is 6.40. The van der Waals surface area contributed by atoms with Gasteiger partial charge in [0.25, 0.3) is 0 Å². The average Bonchev–Trinajstić information content (AvgIpc) is 2.71. The van der Waals surface area contributed by atoms with Crippen LogP contribution in [0.15, 0.2) is 12.7 Å². The minimum atomic E-state index is 0.532. The molecule has 0 aliphatic heterocycles. The van der Waals surface area contributed by atoms with Crippen LogP contribution in [0.25, 0.3) is 0 Å². The molecule has 0 bridgehead atoms. The Labute approximate surface area is 78.1 Å². The van der Waals surface area contributed by atoms with Gasteiger partial charge in [0.05, 0.1) is 6.04 Å². The van der Waals surface area contributed by atoms with Crippen LogP contribution in [0, 0.1) is 5.92 Å². The molecule has 1 heterocycles. The lowest BCUT2D eigenvalue weighted by Crippen LogP contribution is -2.24. The summed E-state index contributed by atoms with van der Waals surface area (Å²) in [7, 11) is 0. The van der Waals surface area contributed by atoms with Gasteiger partial charge < -0.3 is 5.73 Å². The molecule has 0 spiro atoms. The number of nitrogens with two attached hydrogens (primary N) is 1. The van der Waals surface area contributed by atoms with Gasteiger partial charge in [-0.25, -0.2) is 9.67 Å². The summed E-state index contributed by atoms with van der Waals surface area (Å²) < 4.78 is 1.97. The summed E-state index contributed by atoms with van der Waals surface area (Å²) in [6.45, 7) is 0.811. The standard InChI is InChI=1S/C9H16N4/c10-5-8-2-1-3-9(4-8)13-7-11-6-12-13/h6-9H,1-5,10H2. The van der Waals surface area contributed by atoms with Gasteiger partial charge in [0.2, 0.25) is 0 Å². The highest BCUT2D eigenvalue weighted by Crippen LogP contribution is 2.30. The fourth-order valence-electron chi connectivity index (χ4n) is 2.12. The van der Waals surface area contributed by atoms with Crippen molar-refractivity contribution < 1.29 is 0 Å². The molecule has 72 valence electrons. The molecule has 1 aliphatic rings. The lowest BCUT2D eigenvalue weighted by Gasteiger charge is -2.27. The van der Waals surface area contributed by atoms with Crippen molar-refractivity contribution >= 4 is 0 Å². The smallest absolute Gasteiger partial charge is 0.137 e. The second-order valence-corrected chi connectivity index (χ2v) is 3.80. The lowest BCUT2D eigenvalue weighted by atomic mass is 9.86. The van der Waals surface area contributed by atoms with E-state index in [0.29, 0.717) is 12.0 Å². The zero-order valence-corrected chi connectivity index (χ0v) is 7.76. The summed E-state index contributed by atoms with van der Waals surface area (Å²) in [4.78, 5) is 3.97. The van der Waals surface area contributed by atoms with E-state index in [1.54, 1.807) is 6.33 Å². The molecule has 1 aliphatic carbocycles. The third-order valence-electron chi connectivity index (χ3n) is 2.90. The minimum Gasteiger partial charge on any atom is -0.330 e. The van der Waals surface area contributed by atoms with Crippen LogP contribution < -0.4 is 5.73 Å². The van der Waals surface area contributed by atoms with Crippen molar-refractivity contribution in [2.75, 3.05) is 6.54 Å². The van der Waals surface area contributed by atoms with Gasteiger partial charge in [0.1, 0.15) is 12.7 Å². The van der Waals surface area contributed by atoms with E-state index in [2.05, 4.69) is 10.1 Å². The van der Waals surface area contributed by atoms with Gasteiger partial charge in [0.15, 0.2) is 0 Å². The van der Waals surface area contributed by atoms with Crippen molar-refractivity contribution in [1.82, 2.24) is 14.8 Å². The Bertz CT molecular complexity index is 244. The van der Waals surface area contributed by atoms with Crippen molar-refractivity contribution in [1.29, 1.82) is 0 Å². The van der Waals surface area contributed by atoms with Crippen LogP contribution >= 0.6 is 0 Å². The van der Waals surface area contributed by atoms with E-state index in [1.165, 1.54) is 25.7 Å². The van der Waals surface area contributed by atoms with Gasteiger partial charge in [-0.05, 0) is 31.7 Å². The van der Waals surface area contributed by atoms with Crippen LogP contribution in [0.2, 0.25) is 0 Å². The molecule has 1 aromatic rings. The van der Waals surface area contributed by atoms with E-state index in [9.17, 15) is 0 Å². The SMILES string of the molecule is NCC1CCCC(n2cncn2)C1.